The third-order valence-corrected chi connectivity index (χ3v) is 3.08. The summed E-state index contributed by atoms with van der Waals surface area (Å²) in [5, 5.41) is 0. The van der Waals surface area contributed by atoms with Crippen LogP contribution in [0.2, 0.25) is 0 Å². The van der Waals surface area contributed by atoms with Gasteiger partial charge in [-0.3, -0.25) is 4.79 Å². The van der Waals surface area contributed by atoms with Gasteiger partial charge in [0.25, 0.3) is 0 Å². The number of carbonyl (C=O) groups excluding carboxylic acids is 1. The molecule has 12 heavy (non-hydrogen) atoms. The zero-order chi connectivity index (χ0) is 8.55. The highest BCUT2D eigenvalue weighted by atomic mass is 16.5. The Labute approximate surface area is 72.6 Å². The van der Waals surface area contributed by atoms with Crippen molar-refractivity contribution in [2.24, 2.45) is 17.8 Å². The van der Waals surface area contributed by atoms with Crippen LogP contribution in [-0.4, -0.2) is 13.1 Å². The van der Waals surface area contributed by atoms with Gasteiger partial charge in [0.05, 0.1) is 13.0 Å². The molecular formula is C10H14O2. The maximum Gasteiger partial charge on any atom is 0.309 e. The Morgan fingerprint density at radius 3 is 2.67 bits per heavy atom. The van der Waals surface area contributed by atoms with Gasteiger partial charge < -0.3 is 4.74 Å². The second-order valence-corrected chi connectivity index (χ2v) is 3.75. The summed E-state index contributed by atoms with van der Waals surface area (Å²) in [6.45, 7) is 0. The Hall–Kier alpha value is -0.790. The molecular weight excluding hydrogens is 152 g/mol. The minimum absolute atomic E-state index is 0.0194. The summed E-state index contributed by atoms with van der Waals surface area (Å²) in [5.41, 5.74) is 0. The van der Waals surface area contributed by atoms with Crippen LogP contribution >= 0.6 is 0 Å². The first-order valence-corrected chi connectivity index (χ1v) is 4.57. The van der Waals surface area contributed by atoms with Gasteiger partial charge in [0.2, 0.25) is 0 Å². The lowest BCUT2D eigenvalue weighted by Crippen LogP contribution is -2.33. The molecule has 0 aromatic heterocycles. The fourth-order valence-corrected chi connectivity index (χ4v) is 2.35. The Balaban J connectivity index is 2.11. The summed E-state index contributed by atoms with van der Waals surface area (Å²) in [4.78, 5) is 11.3. The van der Waals surface area contributed by atoms with E-state index in [9.17, 15) is 4.79 Å². The van der Waals surface area contributed by atoms with E-state index in [1.807, 2.05) is 0 Å². The zero-order valence-corrected chi connectivity index (χ0v) is 7.32. The van der Waals surface area contributed by atoms with Crippen molar-refractivity contribution in [1.82, 2.24) is 0 Å². The van der Waals surface area contributed by atoms with Crippen LogP contribution in [0.1, 0.15) is 19.3 Å². The van der Waals surface area contributed by atoms with E-state index in [1.165, 1.54) is 20.0 Å². The van der Waals surface area contributed by atoms with Crippen LogP contribution in [0.4, 0.5) is 0 Å². The minimum Gasteiger partial charge on any atom is -0.469 e. The van der Waals surface area contributed by atoms with Gasteiger partial charge in [-0.05, 0) is 31.1 Å². The lowest BCUT2D eigenvalue weighted by molar-refractivity contribution is -0.148. The molecule has 0 amide bonds. The van der Waals surface area contributed by atoms with Gasteiger partial charge >= 0.3 is 5.97 Å². The van der Waals surface area contributed by atoms with Crippen molar-refractivity contribution in [3.8, 4) is 0 Å². The van der Waals surface area contributed by atoms with Crippen molar-refractivity contribution >= 4 is 5.97 Å². The van der Waals surface area contributed by atoms with Crippen molar-refractivity contribution in [2.45, 2.75) is 19.3 Å². The topological polar surface area (TPSA) is 26.3 Å². The number of fused-ring (bicyclic) bond motifs is 2. The molecule has 3 aliphatic carbocycles. The minimum atomic E-state index is -0.0194. The SMILES string of the molecule is COC(=O)C1C[C@H]2C=C[C@@H]1CC2. The van der Waals surface area contributed by atoms with E-state index >= 15 is 0 Å². The molecule has 3 atom stereocenters. The first-order chi connectivity index (χ1) is 5.81. The molecule has 0 aromatic rings. The van der Waals surface area contributed by atoms with Crippen LogP contribution in [0.15, 0.2) is 12.2 Å². The largest absolute Gasteiger partial charge is 0.469 e. The average Bonchev–Trinajstić information content (AvgIpc) is 2.18. The molecule has 3 rings (SSSR count). The molecule has 0 aromatic carbocycles. The molecule has 1 fully saturated rings. The molecule has 0 spiro atoms. The second-order valence-electron chi connectivity index (χ2n) is 3.75. The number of hydrogen-bond acceptors (Lipinski definition) is 2. The number of carbonyl (C=O) groups is 1. The van der Waals surface area contributed by atoms with Gasteiger partial charge in [-0.1, -0.05) is 12.2 Å². The summed E-state index contributed by atoms with van der Waals surface area (Å²) in [5.74, 6) is 1.23. The number of methoxy groups -OCH3 is 1. The van der Waals surface area contributed by atoms with Gasteiger partial charge in [-0.2, -0.15) is 0 Å². The lowest BCUT2D eigenvalue weighted by atomic mass is 9.69. The Kier molecular flexibility index (Phi) is 1.91. The molecule has 1 saturated carbocycles. The standard InChI is InChI=1S/C10H14O2/c1-12-10(11)9-6-7-2-4-8(9)5-3-7/h2,4,7-9H,3,5-6H2,1H3/t7-,8+,9?/m0/s1. The smallest absolute Gasteiger partial charge is 0.309 e. The predicted molar refractivity (Wildman–Crippen MR) is 45.5 cm³/mol. The van der Waals surface area contributed by atoms with Crippen LogP contribution in [0.25, 0.3) is 0 Å². The Morgan fingerprint density at radius 1 is 1.42 bits per heavy atom. The summed E-state index contributed by atoms with van der Waals surface area (Å²) >= 11 is 0. The quantitative estimate of drug-likeness (QED) is 0.438. The van der Waals surface area contributed by atoms with Crippen LogP contribution in [0.3, 0.4) is 0 Å². The molecule has 3 aliphatic rings. The van der Waals surface area contributed by atoms with Crippen molar-refractivity contribution in [1.29, 1.82) is 0 Å². The Morgan fingerprint density at radius 2 is 2.25 bits per heavy atom. The molecule has 66 valence electrons. The number of rotatable bonds is 1. The van der Waals surface area contributed by atoms with Crippen molar-refractivity contribution in [3.05, 3.63) is 12.2 Å². The summed E-state index contributed by atoms with van der Waals surface area (Å²) in [7, 11) is 1.48. The van der Waals surface area contributed by atoms with Crippen LogP contribution in [0.5, 0.6) is 0 Å². The average molecular weight is 166 g/mol. The van der Waals surface area contributed by atoms with Crippen LogP contribution < -0.4 is 0 Å². The number of esters is 1. The zero-order valence-electron chi connectivity index (χ0n) is 7.32. The molecule has 2 heteroatoms. The fraction of sp³-hybridized carbons (Fsp3) is 0.700. The number of hydrogen-bond donors (Lipinski definition) is 0. The maximum absolute atomic E-state index is 11.3. The molecule has 2 nitrogen and oxygen atoms in total. The normalized spacial score (nSPS) is 38.2. The van der Waals surface area contributed by atoms with E-state index in [4.69, 9.17) is 4.74 Å². The first-order valence-electron chi connectivity index (χ1n) is 4.57. The fourth-order valence-electron chi connectivity index (χ4n) is 2.35. The molecule has 0 N–H and O–H groups in total. The lowest BCUT2D eigenvalue weighted by Gasteiger charge is -2.36. The van der Waals surface area contributed by atoms with E-state index in [2.05, 4.69) is 12.2 Å². The monoisotopic (exact) mass is 166 g/mol. The van der Waals surface area contributed by atoms with Crippen molar-refractivity contribution < 1.29 is 9.53 Å². The van der Waals surface area contributed by atoms with Crippen molar-refractivity contribution in [3.63, 3.8) is 0 Å². The summed E-state index contributed by atoms with van der Waals surface area (Å²) < 4.78 is 4.77. The summed E-state index contributed by atoms with van der Waals surface area (Å²) in [6.07, 6.45) is 7.89. The molecule has 0 heterocycles. The highest BCUT2D eigenvalue weighted by molar-refractivity contribution is 5.73. The highest BCUT2D eigenvalue weighted by Gasteiger charge is 2.36. The third-order valence-electron chi connectivity index (χ3n) is 3.08. The van der Waals surface area contributed by atoms with E-state index in [0.29, 0.717) is 11.8 Å². The van der Waals surface area contributed by atoms with Crippen molar-refractivity contribution in [2.75, 3.05) is 7.11 Å². The Bertz CT molecular complexity index is 220. The number of allylic oxidation sites excluding steroid dienone is 2. The predicted octanol–water partition coefficient (Wildman–Crippen LogP) is 1.76. The number of ether oxygens (including phenoxy) is 1. The van der Waals surface area contributed by atoms with E-state index in [1.54, 1.807) is 0 Å². The summed E-state index contributed by atoms with van der Waals surface area (Å²) in [6, 6.07) is 0. The first kappa shape index (κ1) is 7.84. The molecule has 2 bridgehead atoms. The maximum atomic E-state index is 11.3. The second kappa shape index (κ2) is 2.92. The van der Waals surface area contributed by atoms with Crippen LogP contribution in [0, 0.1) is 17.8 Å². The van der Waals surface area contributed by atoms with E-state index in [-0.39, 0.29) is 11.9 Å². The van der Waals surface area contributed by atoms with Gasteiger partial charge in [-0.15, -0.1) is 0 Å². The van der Waals surface area contributed by atoms with Gasteiger partial charge in [-0.25, -0.2) is 0 Å². The molecule has 0 saturated heterocycles. The highest BCUT2D eigenvalue weighted by Crippen LogP contribution is 2.40. The van der Waals surface area contributed by atoms with Gasteiger partial charge in [0.1, 0.15) is 0 Å². The van der Waals surface area contributed by atoms with E-state index in [0.717, 1.165) is 6.42 Å². The van der Waals surface area contributed by atoms with E-state index < -0.39 is 0 Å². The molecule has 0 radical (unpaired) electrons. The van der Waals surface area contributed by atoms with Gasteiger partial charge in [0.15, 0.2) is 0 Å². The van der Waals surface area contributed by atoms with Gasteiger partial charge in [0, 0.05) is 0 Å². The molecule has 0 aliphatic heterocycles. The molecule has 1 unspecified atom stereocenters. The van der Waals surface area contributed by atoms with Crippen LogP contribution in [-0.2, 0) is 9.53 Å². The third kappa shape index (κ3) is 1.15.